The Labute approximate surface area is 132 Å². The van der Waals surface area contributed by atoms with Crippen LogP contribution in [0.4, 0.5) is 0 Å². The Morgan fingerprint density at radius 3 is 2.57 bits per heavy atom. The second-order valence-corrected chi connectivity index (χ2v) is 7.19. The number of fused-ring (bicyclic) bond motifs is 1. The number of nitrogens with one attached hydrogen (secondary N) is 1. The maximum atomic E-state index is 5.99. The zero-order chi connectivity index (χ0) is 15.3. The van der Waals surface area contributed by atoms with Gasteiger partial charge in [-0.15, -0.1) is 0 Å². The van der Waals surface area contributed by atoms with Crippen LogP contribution in [-0.4, -0.2) is 24.2 Å². The van der Waals surface area contributed by atoms with Crippen LogP contribution in [-0.2, 0) is 6.54 Å². The quantitative estimate of drug-likeness (QED) is 0.796. The minimum atomic E-state index is 0.0908. The average molecular weight is 303 g/mol. The second-order valence-electron chi connectivity index (χ2n) is 6.21. The summed E-state index contributed by atoms with van der Waals surface area (Å²) in [6.45, 7) is 8.13. The van der Waals surface area contributed by atoms with E-state index >= 15 is 0 Å². The minimum Gasteiger partial charge on any atom is -0.492 e. The molecule has 0 heterocycles. The third-order valence-electron chi connectivity index (χ3n) is 3.34. The summed E-state index contributed by atoms with van der Waals surface area (Å²) in [5.41, 5.74) is 1.34. The molecule has 114 valence electrons. The fourth-order valence-corrected chi connectivity index (χ4v) is 2.47. The predicted molar refractivity (Wildman–Crippen MR) is 94.4 cm³/mol. The minimum absolute atomic E-state index is 0.0908. The lowest BCUT2D eigenvalue weighted by Gasteiger charge is -2.22. The highest BCUT2D eigenvalue weighted by atomic mass is 32.2. The summed E-state index contributed by atoms with van der Waals surface area (Å²) < 4.78 is 5.99. The van der Waals surface area contributed by atoms with Gasteiger partial charge in [0.25, 0.3) is 0 Å². The molecule has 2 rings (SSSR count). The lowest BCUT2D eigenvalue weighted by Crippen LogP contribution is -2.35. The SMILES string of the molecule is CSCCOc1ccc2ccccc2c1CNC(C)(C)C. The summed E-state index contributed by atoms with van der Waals surface area (Å²) in [6.07, 6.45) is 2.10. The lowest BCUT2D eigenvalue weighted by molar-refractivity contribution is 0.336. The Kier molecular flexibility index (Phi) is 5.54. The molecule has 2 nitrogen and oxygen atoms in total. The number of thioether (sulfide) groups is 1. The first-order chi connectivity index (χ1) is 10.0. The van der Waals surface area contributed by atoms with E-state index in [0.29, 0.717) is 0 Å². The van der Waals surface area contributed by atoms with Gasteiger partial charge in [-0.2, -0.15) is 11.8 Å². The topological polar surface area (TPSA) is 21.3 Å². The van der Waals surface area contributed by atoms with E-state index in [1.165, 1.54) is 16.3 Å². The molecule has 0 aromatic heterocycles. The molecular formula is C18H25NOS. The van der Waals surface area contributed by atoms with Crippen LogP contribution in [0.15, 0.2) is 36.4 Å². The molecule has 0 unspecified atom stereocenters. The van der Waals surface area contributed by atoms with Gasteiger partial charge in [-0.05, 0) is 43.9 Å². The first kappa shape index (κ1) is 16.2. The van der Waals surface area contributed by atoms with Gasteiger partial charge in [0.15, 0.2) is 0 Å². The zero-order valence-electron chi connectivity index (χ0n) is 13.4. The van der Waals surface area contributed by atoms with Gasteiger partial charge in [-0.25, -0.2) is 0 Å². The standard InChI is InChI=1S/C18H25NOS/c1-18(2,3)19-13-16-15-8-6-5-7-14(15)9-10-17(16)20-11-12-21-4/h5-10,19H,11-13H2,1-4H3. The average Bonchev–Trinajstić information content (AvgIpc) is 2.45. The van der Waals surface area contributed by atoms with E-state index in [1.807, 2.05) is 11.8 Å². The normalized spacial score (nSPS) is 11.8. The molecule has 0 aliphatic heterocycles. The van der Waals surface area contributed by atoms with Crippen LogP contribution in [0, 0.1) is 0 Å². The van der Waals surface area contributed by atoms with Gasteiger partial charge in [0.05, 0.1) is 6.61 Å². The van der Waals surface area contributed by atoms with E-state index in [2.05, 4.69) is 68.7 Å². The molecule has 0 atom stereocenters. The smallest absolute Gasteiger partial charge is 0.124 e. The monoisotopic (exact) mass is 303 g/mol. The molecule has 0 saturated carbocycles. The maximum absolute atomic E-state index is 5.99. The number of rotatable bonds is 6. The van der Waals surface area contributed by atoms with E-state index in [-0.39, 0.29) is 5.54 Å². The summed E-state index contributed by atoms with van der Waals surface area (Å²) in [5, 5.41) is 6.11. The van der Waals surface area contributed by atoms with Crippen molar-refractivity contribution in [3.05, 3.63) is 42.0 Å². The van der Waals surface area contributed by atoms with Crippen LogP contribution in [0.3, 0.4) is 0 Å². The van der Waals surface area contributed by atoms with Gasteiger partial charge in [0.2, 0.25) is 0 Å². The molecule has 0 aliphatic rings. The molecule has 0 radical (unpaired) electrons. The van der Waals surface area contributed by atoms with Gasteiger partial charge in [-0.3, -0.25) is 0 Å². The zero-order valence-corrected chi connectivity index (χ0v) is 14.2. The van der Waals surface area contributed by atoms with E-state index < -0.39 is 0 Å². The van der Waals surface area contributed by atoms with Crippen molar-refractivity contribution in [2.75, 3.05) is 18.6 Å². The largest absolute Gasteiger partial charge is 0.492 e. The molecular weight excluding hydrogens is 278 g/mol. The molecule has 2 aromatic rings. The van der Waals surface area contributed by atoms with Crippen molar-refractivity contribution in [3.63, 3.8) is 0 Å². The highest BCUT2D eigenvalue weighted by Gasteiger charge is 2.13. The Hall–Kier alpha value is -1.19. The van der Waals surface area contributed by atoms with Gasteiger partial charge < -0.3 is 10.1 Å². The second kappa shape index (κ2) is 7.19. The van der Waals surface area contributed by atoms with Crippen molar-refractivity contribution in [1.29, 1.82) is 0 Å². The third-order valence-corrected chi connectivity index (χ3v) is 3.91. The highest BCUT2D eigenvalue weighted by Crippen LogP contribution is 2.28. The van der Waals surface area contributed by atoms with Crippen LogP contribution in [0.25, 0.3) is 10.8 Å². The fourth-order valence-electron chi connectivity index (χ4n) is 2.22. The molecule has 0 bridgehead atoms. The van der Waals surface area contributed by atoms with Gasteiger partial charge in [-0.1, -0.05) is 30.3 Å². The Morgan fingerprint density at radius 2 is 1.86 bits per heavy atom. The van der Waals surface area contributed by atoms with E-state index in [4.69, 9.17) is 4.74 Å². The molecule has 0 fully saturated rings. The van der Waals surface area contributed by atoms with Gasteiger partial charge in [0.1, 0.15) is 5.75 Å². The van der Waals surface area contributed by atoms with Crippen LogP contribution >= 0.6 is 11.8 Å². The highest BCUT2D eigenvalue weighted by molar-refractivity contribution is 7.98. The first-order valence-corrected chi connectivity index (χ1v) is 8.78. The van der Waals surface area contributed by atoms with Crippen molar-refractivity contribution in [2.45, 2.75) is 32.9 Å². The molecule has 0 aliphatic carbocycles. The van der Waals surface area contributed by atoms with Crippen LogP contribution in [0.1, 0.15) is 26.3 Å². The van der Waals surface area contributed by atoms with Crippen molar-refractivity contribution in [3.8, 4) is 5.75 Å². The Balaban J connectivity index is 2.32. The number of hydrogen-bond acceptors (Lipinski definition) is 3. The molecule has 2 aromatic carbocycles. The third kappa shape index (κ3) is 4.65. The predicted octanol–water partition coefficient (Wildman–Crippen LogP) is 4.47. The van der Waals surface area contributed by atoms with Crippen LogP contribution < -0.4 is 10.1 Å². The summed E-state index contributed by atoms with van der Waals surface area (Å²) in [6, 6.07) is 12.7. The Bertz CT molecular complexity index is 589. The number of benzene rings is 2. The molecule has 3 heteroatoms. The van der Waals surface area contributed by atoms with Crippen molar-refractivity contribution >= 4 is 22.5 Å². The molecule has 0 spiro atoms. The summed E-state index contributed by atoms with van der Waals surface area (Å²) >= 11 is 1.81. The first-order valence-electron chi connectivity index (χ1n) is 7.38. The lowest BCUT2D eigenvalue weighted by atomic mass is 10.0. The summed E-state index contributed by atoms with van der Waals surface area (Å²) in [5.74, 6) is 2.01. The van der Waals surface area contributed by atoms with E-state index in [0.717, 1.165) is 24.7 Å². The van der Waals surface area contributed by atoms with Crippen molar-refractivity contribution < 1.29 is 4.74 Å². The fraction of sp³-hybridized carbons (Fsp3) is 0.444. The van der Waals surface area contributed by atoms with Crippen LogP contribution in [0.2, 0.25) is 0 Å². The number of hydrogen-bond donors (Lipinski definition) is 1. The molecule has 1 N–H and O–H groups in total. The van der Waals surface area contributed by atoms with Crippen molar-refractivity contribution in [1.82, 2.24) is 5.32 Å². The molecule has 21 heavy (non-hydrogen) atoms. The molecule has 0 amide bonds. The van der Waals surface area contributed by atoms with Gasteiger partial charge >= 0.3 is 0 Å². The van der Waals surface area contributed by atoms with Crippen molar-refractivity contribution in [2.24, 2.45) is 0 Å². The number of ether oxygens (including phenoxy) is 1. The Morgan fingerprint density at radius 1 is 1.10 bits per heavy atom. The summed E-state index contributed by atoms with van der Waals surface area (Å²) in [7, 11) is 0. The van der Waals surface area contributed by atoms with Gasteiger partial charge in [0, 0.05) is 23.4 Å². The molecule has 0 saturated heterocycles. The summed E-state index contributed by atoms with van der Waals surface area (Å²) in [4.78, 5) is 0. The van der Waals surface area contributed by atoms with E-state index in [1.54, 1.807) is 0 Å². The van der Waals surface area contributed by atoms with E-state index in [9.17, 15) is 0 Å². The maximum Gasteiger partial charge on any atom is 0.124 e. The van der Waals surface area contributed by atoms with Crippen LogP contribution in [0.5, 0.6) is 5.75 Å².